The molecule has 0 aliphatic heterocycles. The van der Waals surface area contributed by atoms with E-state index >= 15 is 0 Å². The van der Waals surface area contributed by atoms with Crippen LogP contribution in [0, 0.1) is 20.8 Å². The fourth-order valence-electron chi connectivity index (χ4n) is 10.7. The summed E-state index contributed by atoms with van der Waals surface area (Å²) in [5, 5.41) is 0. The van der Waals surface area contributed by atoms with Crippen LogP contribution in [-0.4, -0.2) is 15.0 Å². The van der Waals surface area contributed by atoms with Crippen LogP contribution >= 0.6 is 0 Å². The highest BCUT2D eigenvalue weighted by Crippen LogP contribution is 2.44. The number of nitrogens with zero attached hydrogens (tertiary/aromatic N) is 3. The summed E-state index contributed by atoms with van der Waals surface area (Å²) in [5.41, 5.74) is 28.4. The smallest absolute Gasteiger partial charge is 0.0705 e. The second-order valence-corrected chi connectivity index (χ2v) is 19.3. The van der Waals surface area contributed by atoms with Crippen molar-refractivity contribution in [3.8, 4) is 123 Å². The third-order valence-corrected chi connectivity index (χ3v) is 14.5. The molecule has 0 bridgehead atoms. The van der Waals surface area contributed by atoms with Crippen molar-refractivity contribution in [1.29, 1.82) is 0 Å². The lowest BCUT2D eigenvalue weighted by molar-refractivity contribution is 1.29. The summed E-state index contributed by atoms with van der Waals surface area (Å²) in [6.07, 6.45) is 5.73. The lowest BCUT2D eigenvalue weighted by Gasteiger charge is -2.19. The van der Waals surface area contributed by atoms with Crippen LogP contribution in [0.25, 0.3) is 123 Å². The van der Waals surface area contributed by atoms with Gasteiger partial charge in [0.05, 0.1) is 17.1 Å². The molecule has 0 aliphatic rings. The quantitative estimate of drug-likeness (QED) is 0.130. The number of rotatable bonds is 11. The van der Waals surface area contributed by atoms with E-state index in [0.717, 1.165) is 78.3 Å². The third-order valence-electron chi connectivity index (χ3n) is 14.5. The normalized spacial score (nSPS) is 11.1. The average molecular weight is 960 g/mol. The summed E-state index contributed by atoms with van der Waals surface area (Å²) >= 11 is 0. The van der Waals surface area contributed by atoms with Crippen LogP contribution in [0.4, 0.5) is 0 Å². The summed E-state index contributed by atoms with van der Waals surface area (Å²) < 4.78 is 0. The molecule has 0 unspecified atom stereocenters. The van der Waals surface area contributed by atoms with E-state index in [1.807, 2.05) is 42.9 Å². The molecule has 3 heteroatoms. The maximum absolute atomic E-state index is 5.03. The van der Waals surface area contributed by atoms with Gasteiger partial charge in [0.15, 0.2) is 0 Å². The topological polar surface area (TPSA) is 38.7 Å². The van der Waals surface area contributed by atoms with E-state index in [-0.39, 0.29) is 0 Å². The van der Waals surface area contributed by atoms with Crippen LogP contribution in [-0.2, 0) is 0 Å². The first-order valence-corrected chi connectivity index (χ1v) is 25.6. The van der Waals surface area contributed by atoms with Gasteiger partial charge in [-0.3, -0.25) is 15.0 Å². The molecule has 0 spiro atoms. The van der Waals surface area contributed by atoms with Crippen LogP contribution in [0.5, 0.6) is 0 Å². The average Bonchev–Trinajstić information content (AvgIpc) is 3.48. The fraction of sp³-hybridized carbons (Fsp3) is 0.0417. The Hall–Kier alpha value is -9.57. The standard InChI is InChI=1S/C72H53N3/c1-48-40-56(70-28-13-15-38-73-70)34-36-61(48)67-26-11-9-24-65(67)59-44-58(45-60(46-59)66-25-10-12-27-68(66)62-37-35-57(41-49(62)2)71-29-14-16-39-74-71)64-23-8-7-22-63(64)52-30-32-53(33-31-52)72-42-50(3)69(47-75-72)55-21-17-20-54(43-55)51-18-5-4-6-19-51/h4-47H,1-3H3. The molecule has 12 aromatic rings. The molecule has 0 radical (unpaired) electrons. The Morgan fingerprint density at radius 3 is 1.09 bits per heavy atom. The van der Waals surface area contributed by atoms with E-state index in [9.17, 15) is 0 Å². The first kappa shape index (κ1) is 46.5. The second kappa shape index (κ2) is 20.5. The molecule has 356 valence electrons. The summed E-state index contributed by atoms with van der Waals surface area (Å²) in [6, 6.07) is 89.6. The summed E-state index contributed by atoms with van der Waals surface area (Å²) in [6.45, 7) is 6.59. The van der Waals surface area contributed by atoms with Gasteiger partial charge in [-0.05, 0) is 188 Å². The van der Waals surface area contributed by atoms with Crippen molar-refractivity contribution in [2.75, 3.05) is 0 Å². The molecule has 12 rings (SSSR count). The molecule has 0 N–H and O–H groups in total. The Labute approximate surface area is 440 Å². The van der Waals surface area contributed by atoms with Gasteiger partial charge in [0, 0.05) is 40.8 Å². The number of pyridine rings is 3. The molecule has 3 nitrogen and oxygen atoms in total. The first-order chi connectivity index (χ1) is 36.9. The minimum absolute atomic E-state index is 0.952. The zero-order chi connectivity index (χ0) is 50.7. The van der Waals surface area contributed by atoms with E-state index in [4.69, 9.17) is 4.98 Å². The Kier molecular flexibility index (Phi) is 12.7. The molecule has 9 aromatic carbocycles. The minimum Gasteiger partial charge on any atom is -0.256 e. The lowest BCUT2D eigenvalue weighted by Crippen LogP contribution is -1.94. The minimum atomic E-state index is 0.952. The Morgan fingerprint density at radius 1 is 0.200 bits per heavy atom. The Bertz CT molecular complexity index is 3860. The van der Waals surface area contributed by atoms with Gasteiger partial charge in [-0.1, -0.05) is 182 Å². The maximum atomic E-state index is 5.03. The SMILES string of the molecule is Cc1cc(-c2ccc(-c3ccccc3-c3cc(-c4ccccc4-c4ccc(-c5ccccn5)cc4C)cc(-c4ccccc4-c4ccc(-c5ccccn5)cc4C)c3)cc2)ncc1-c1cccc(-c2ccccc2)c1. The van der Waals surface area contributed by atoms with Crippen molar-refractivity contribution in [2.45, 2.75) is 20.8 Å². The number of hydrogen-bond donors (Lipinski definition) is 0. The molecule has 0 aliphatic carbocycles. The Morgan fingerprint density at radius 2 is 0.600 bits per heavy atom. The van der Waals surface area contributed by atoms with Gasteiger partial charge >= 0.3 is 0 Å². The van der Waals surface area contributed by atoms with Gasteiger partial charge in [-0.15, -0.1) is 0 Å². The van der Waals surface area contributed by atoms with E-state index in [0.29, 0.717) is 0 Å². The van der Waals surface area contributed by atoms with Crippen LogP contribution in [0.2, 0.25) is 0 Å². The van der Waals surface area contributed by atoms with Crippen LogP contribution in [0.1, 0.15) is 16.7 Å². The largest absolute Gasteiger partial charge is 0.256 e. The van der Waals surface area contributed by atoms with Crippen molar-refractivity contribution in [3.63, 3.8) is 0 Å². The van der Waals surface area contributed by atoms with Crippen LogP contribution in [0.3, 0.4) is 0 Å². The predicted molar refractivity (Wildman–Crippen MR) is 314 cm³/mol. The molecule has 0 amide bonds. The van der Waals surface area contributed by atoms with E-state index in [1.54, 1.807) is 0 Å². The summed E-state index contributed by atoms with van der Waals surface area (Å²) in [5.74, 6) is 0. The highest BCUT2D eigenvalue weighted by molar-refractivity contribution is 5.95. The number of aryl methyl sites for hydroxylation is 3. The number of hydrogen-bond acceptors (Lipinski definition) is 3. The van der Waals surface area contributed by atoms with Crippen LogP contribution < -0.4 is 0 Å². The molecule has 0 saturated heterocycles. The maximum Gasteiger partial charge on any atom is 0.0705 e. The fourth-order valence-corrected chi connectivity index (χ4v) is 10.7. The number of aromatic nitrogens is 3. The summed E-state index contributed by atoms with van der Waals surface area (Å²) in [4.78, 5) is 14.3. The van der Waals surface area contributed by atoms with E-state index < -0.39 is 0 Å². The van der Waals surface area contributed by atoms with Gasteiger partial charge in [0.25, 0.3) is 0 Å². The lowest BCUT2D eigenvalue weighted by atomic mass is 9.85. The second-order valence-electron chi connectivity index (χ2n) is 19.3. The Balaban J connectivity index is 0.948. The van der Waals surface area contributed by atoms with E-state index in [1.165, 1.54) is 61.2 Å². The van der Waals surface area contributed by atoms with Crippen molar-refractivity contribution in [2.24, 2.45) is 0 Å². The molecular formula is C72H53N3. The van der Waals surface area contributed by atoms with Crippen molar-refractivity contribution < 1.29 is 0 Å². The van der Waals surface area contributed by atoms with Gasteiger partial charge in [-0.2, -0.15) is 0 Å². The monoisotopic (exact) mass is 959 g/mol. The van der Waals surface area contributed by atoms with Crippen LogP contribution in [0.15, 0.2) is 267 Å². The van der Waals surface area contributed by atoms with Crippen molar-refractivity contribution >= 4 is 0 Å². The summed E-state index contributed by atoms with van der Waals surface area (Å²) in [7, 11) is 0. The number of benzene rings is 9. The zero-order valence-electron chi connectivity index (χ0n) is 42.2. The van der Waals surface area contributed by atoms with Gasteiger partial charge in [0.1, 0.15) is 0 Å². The van der Waals surface area contributed by atoms with Gasteiger partial charge in [-0.25, -0.2) is 0 Å². The van der Waals surface area contributed by atoms with Crippen molar-refractivity contribution in [3.05, 3.63) is 284 Å². The molecule has 0 fully saturated rings. The molecule has 0 saturated carbocycles. The van der Waals surface area contributed by atoms with Gasteiger partial charge in [0.2, 0.25) is 0 Å². The zero-order valence-corrected chi connectivity index (χ0v) is 42.2. The molecule has 3 heterocycles. The predicted octanol–water partition coefficient (Wildman–Crippen LogP) is 19.1. The molecule has 3 aromatic heterocycles. The highest BCUT2D eigenvalue weighted by atomic mass is 14.7. The van der Waals surface area contributed by atoms with Crippen molar-refractivity contribution in [1.82, 2.24) is 15.0 Å². The highest BCUT2D eigenvalue weighted by Gasteiger charge is 2.19. The van der Waals surface area contributed by atoms with E-state index in [2.05, 4.69) is 255 Å². The first-order valence-electron chi connectivity index (χ1n) is 25.6. The molecular weight excluding hydrogens is 907 g/mol. The third kappa shape index (κ3) is 9.52. The molecule has 0 atom stereocenters. The van der Waals surface area contributed by atoms with Gasteiger partial charge < -0.3 is 0 Å². The molecule has 75 heavy (non-hydrogen) atoms.